The molecule has 116 valence electrons. The fraction of sp³-hybridized carbons (Fsp3) is 0.867. The van der Waals surface area contributed by atoms with Crippen LogP contribution in [0.5, 0.6) is 0 Å². The average molecular weight is 340 g/mol. The Morgan fingerprint density at radius 3 is 1.35 bits per heavy atom. The van der Waals surface area contributed by atoms with Crippen molar-refractivity contribution >= 4 is 11.9 Å². The van der Waals surface area contributed by atoms with Crippen molar-refractivity contribution in [2.45, 2.75) is 84.5 Å². The van der Waals surface area contributed by atoms with E-state index in [0.29, 0.717) is 12.8 Å². The van der Waals surface area contributed by atoms with Crippen molar-refractivity contribution in [1.29, 1.82) is 0 Å². The van der Waals surface area contributed by atoms with Gasteiger partial charge in [0.15, 0.2) is 0 Å². The molecule has 0 aliphatic heterocycles. The van der Waals surface area contributed by atoms with Gasteiger partial charge in [0.25, 0.3) is 0 Å². The molecule has 0 heterocycles. The average Bonchev–Trinajstić information content (AvgIpc) is 2.34. The summed E-state index contributed by atoms with van der Waals surface area (Å²) in [5.41, 5.74) is 0. The smallest absolute Gasteiger partial charge is 0.303 e. The summed E-state index contributed by atoms with van der Waals surface area (Å²) in [7, 11) is 0. The maximum atomic E-state index is 10.1. The summed E-state index contributed by atoms with van der Waals surface area (Å²) >= 11 is 0. The third-order valence-electron chi connectivity index (χ3n) is 2.74. The molecular weight excluding hydrogens is 310 g/mol. The first-order valence-corrected chi connectivity index (χ1v) is 7.48. The summed E-state index contributed by atoms with van der Waals surface area (Å²) in [6.07, 6.45) is 10.5. The van der Waals surface area contributed by atoms with Gasteiger partial charge in [0.1, 0.15) is 0 Å². The van der Waals surface area contributed by atoms with Crippen LogP contribution in [0.15, 0.2) is 0 Å². The molecule has 0 spiro atoms. The Labute approximate surface area is 136 Å². The normalized spacial score (nSPS) is 9.10. The Hall–Kier alpha value is -0.437. The Kier molecular flexibility index (Phi) is 25.6. The monoisotopic (exact) mass is 338 g/mol. The Balaban J connectivity index is -0.000000288. The number of aliphatic carboxylic acids is 2. The molecule has 0 bridgehead atoms. The quantitative estimate of drug-likeness (QED) is 0.430. The van der Waals surface area contributed by atoms with Gasteiger partial charge in [0.2, 0.25) is 0 Å². The molecule has 0 aliphatic rings. The van der Waals surface area contributed by atoms with Crippen LogP contribution in [0, 0.1) is 0 Å². The van der Waals surface area contributed by atoms with E-state index in [0.717, 1.165) is 32.1 Å². The van der Waals surface area contributed by atoms with E-state index in [2.05, 4.69) is 13.8 Å². The van der Waals surface area contributed by atoms with Crippen molar-refractivity contribution < 1.29 is 39.3 Å². The minimum atomic E-state index is -0.682. The van der Waals surface area contributed by atoms with Crippen molar-refractivity contribution in [3.63, 3.8) is 0 Å². The number of carboxylic acid groups (broad SMARTS) is 2. The second-order valence-corrected chi connectivity index (χ2v) is 4.76. The maximum absolute atomic E-state index is 10.1. The molecule has 0 radical (unpaired) electrons. The van der Waals surface area contributed by atoms with Crippen LogP contribution in [-0.4, -0.2) is 22.2 Å². The van der Waals surface area contributed by atoms with E-state index in [1.807, 2.05) is 0 Å². The molecule has 0 saturated heterocycles. The van der Waals surface area contributed by atoms with Crippen LogP contribution in [-0.2, 0) is 29.1 Å². The Bertz CT molecular complexity index is 220. The first kappa shape index (κ1) is 24.6. The van der Waals surface area contributed by atoms with Crippen molar-refractivity contribution in [2.75, 3.05) is 0 Å². The van der Waals surface area contributed by atoms with Crippen LogP contribution in [0.4, 0.5) is 0 Å². The molecule has 0 aromatic rings. The van der Waals surface area contributed by atoms with Gasteiger partial charge in [-0.25, -0.2) is 0 Å². The zero-order chi connectivity index (χ0) is 14.9. The Morgan fingerprint density at radius 1 is 0.650 bits per heavy atom. The van der Waals surface area contributed by atoms with Crippen molar-refractivity contribution in [3.05, 3.63) is 0 Å². The predicted octanol–water partition coefficient (Wildman–Crippen LogP) is 4.47. The number of hydrogen-bond acceptors (Lipinski definition) is 2. The number of carbonyl (C=O) groups is 2. The third kappa shape index (κ3) is 30.5. The van der Waals surface area contributed by atoms with Gasteiger partial charge in [0.05, 0.1) is 0 Å². The number of rotatable bonds is 11. The molecule has 0 aliphatic carbocycles. The molecule has 20 heavy (non-hydrogen) atoms. The van der Waals surface area contributed by atoms with E-state index in [4.69, 9.17) is 10.2 Å². The molecule has 0 aromatic heterocycles. The topological polar surface area (TPSA) is 74.6 Å². The van der Waals surface area contributed by atoms with Crippen LogP contribution in [0.25, 0.3) is 0 Å². The zero-order valence-electron chi connectivity index (χ0n) is 13.2. The summed E-state index contributed by atoms with van der Waals surface area (Å²) in [6, 6.07) is 0. The van der Waals surface area contributed by atoms with Crippen LogP contribution in [0.2, 0.25) is 0 Å². The maximum Gasteiger partial charge on any atom is 0.303 e. The third-order valence-corrected chi connectivity index (χ3v) is 2.74. The van der Waals surface area contributed by atoms with E-state index in [9.17, 15) is 9.59 Å². The SMILES string of the molecule is CCCCCC(=O)O.CCCCCCCCC(=O)O.[Zn]. The van der Waals surface area contributed by atoms with E-state index < -0.39 is 11.9 Å². The largest absolute Gasteiger partial charge is 0.481 e. The van der Waals surface area contributed by atoms with E-state index in [-0.39, 0.29) is 19.5 Å². The van der Waals surface area contributed by atoms with E-state index in [1.54, 1.807) is 0 Å². The second-order valence-electron chi connectivity index (χ2n) is 4.76. The first-order chi connectivity index (χ1) is 9.04. The zero-order valence-corrected chi connectivity index (χ0v) is 16.2. The number of unbranched alkanes of at least 4 members (excludes halogenated alkanes) is 7. The number of hydrogen-bond donors (Lipinski definition) is 2. The molecule has 0 amide bonds. The molecule has 5 heteroatoms. The first-order valence-electron chi connectivity index (χ1n) is 7.48. The van der Waals surface area contributed by atoms with Crippen LogP contribution in [0.3, 0.4) is 0 Å². The van der Waals surface area contributed by atoms with Gasteiger partial charge in [0, 0.05) is 32.3 Å². The van der Waals surface area contributed by atoms with Crippen molar-refractivity contribution in [2.24, 2.45) is 0 Å². The van der Waals surface area contributed by atoms with Gasteiger partial charge in [-0.15, -0.1) is 0 Å². The number of carboxylic acids is 2. The van der Waals surface area contributed by atoms with Gasteiger partial charge in [-0.05, 0) is 12.8 Å². The molecule has 2 N–H and O–H groups in total. The second kappa shape index (κ2) is 20.9. The fourth-order valence-corrected chi connectivity index (χ4v) is 1.58. The van der Waals surface area contributed by atoms with Gasteiger partial charge < -0.3 is 10.2 Å². The molecule has 0 saturated carbocycles. The summed E-state index contributed by atoms with van der Waals surface area (Å²) in [5, 5.41) is 16.5. The molecule has 0 atom stereocenters. The van der Waals surface area contributed by atoms with Gasteiger partial charge in [-0.1, -0.05) is 58.8 Å². The summed E-state index contributed by atoms with van der Waals surface area (Å²) in [4.78, 5) is 20.0. The van der Waals surface area contributed by atoms with E-state index >= 15 is 0 Å². The van der Waals surface area contributed by atoms with Gasteiger partial charge >= 0.3 is 11.9 Å². The summed E-state index contributed by atoms with van der Waals surface area (Å²) in [6.45, 7) is 4.24. The van der Waals surface area contributed by atoms with Crippen LogP contribution >= 0.6 is 0 Å². The van der Waals surface area contributed by atoms with Crippen LogP contribution in [0.1, 0.15) is 84.5 Å². The fourth-order valence-electron chi connectivity index (χ4n) is 1.58. The Morgan fingerprint density at radius 2 is 0.950 bits per heavy atom. The molecular formula is C15H30O4Zn. The molecule has 0 rings (SSSR count). The van der Waals surface area contributed by atoms with Gasteiger partial charge in [-0.2, -0.15) is 0 Å². The van der Waals surface area contributed by atoms with Crippen molar-refractivity contribution in [3.8, 4) is 0 Å². The molecule has 0 fully saturated rings. The predicted molar refractivity (Wildman–Crippen MR) is 77.4 cm³/mol. The minimum absolute atomic E-state index is 0. The van der Waals surface area contributed by atoms with Crippen molar-refractivity contribution in [1.82, 2.24) is 0 Å². The summed E-state index contributed by atoms with van der Waals surface area (Å²) in [5.74, 6) is -1.35. The standard InChI is InChI=1S/C9H18O2.C6H12O2.Zn/c1-2-3-4-5-6-7-8-9(10)11;1-2-3-4-5-6(7)8;/h2-8H2,1H3,(H,10,11);2-5H2,1H3,(H,7,8);. The van der Waals surface area contributed by atoms with Crippen LogP contribution < -0.4 is 0 Å². The summed E-state index contributed by atoms with van der Waals surface area (Å²) < 4.78 is 0. The van der Waals surface area contributed by atoms with Gasteiger partial charge in [-0.3, -0.25) is 9.59 Å². The minimum Gasteiger partial charge on any atom is -0.481 e. The molecule has 0 unspecified atom stereocenters. The van der Waals surface area contributed by atoms with E-state index in [1.165, 1.54) is 25.7 Å². The molecule has 0 aromatic carbocycles. The molecule has 4 nitrogen and oxygen atoms in total.